The maximum atomic E-state index is 12.4. The highest BCUT2D eigenvalue weighted by Gasteiger charge is 2.38. The number of thiophene rings is 1. The minimum atomic E-state index is -0.860. The molecule has 132 valence electrons. The van der Waals surface area contributed by atoms with Gasteiger partial charge in [-0.25, -0.2) is 4.79 Å². The molecule has 0 atom stereocenters. The molecule has 6 nitrogen and oxygen atoms in total. The Bertz CT molecular complexity index is 631. The molecule has 24 heavy (non-hydrogen) atoms. The first kappa shape index (κ1) is 18.4. The lowest BCUT2D eigenvalue weighted by Crippen LogP contribution is -2.27. The predicted molar refractivity (Wildman–Crippen MR) is 91.4 cm³/mol. The van der Waals surface area contributed by atoms with Crippen molar-refractivity contribution in [1.29, 1.82) is 0 Å². The van der Waals surface area contributed by atoms with Crippen LogP contribution in [0.1, 0.15) is 60.7 Å². The van der Waals surface area contributed by atoms with Gasteiger partial charge in [0.25, 0.3) is 0 Å². The monoisotopic (exact) mass is 353 g/mol. The Labute approximate surface area is 145 Å². The van der Waals surface area contributed by atoms with E-state index in [9.17, 15) is 14.4 Å². The van der Waals surface area contributed by atoms with E-state index >= 15 is 0 Å². The van der Waals surface area contributed by atoms with E-state index in [0.717, 1.165) is 31.2 Å². The molecule has 0 spiro atoms. The Morgan fingerprint density at radius 1 is 1.29 bits per heavy atom. The number of aryl methyl sites for hydroxylation is 1. The quantitative estimate of drug-likeness (QED) is 0.731. The molecule has 0 radical (unpaired) electrons. The number of rotatable bonds is 7. The van der Waals surface area contributed by atoms with Gasteiger partial charge in [-0.2, -0.15) is 0 Å². The number of esters is 1. The average molecular weight is 353 g/mol. The van der Waals surface area contributed by atoms with Gasteiger partial charge in [0.15, 0.2) is 0 Å². The predicted octanol–water partition coefficient (Wildman–Crippen LogP) is 3.60. The van der Waals surface area contributed by atoms with Crippen LogP contribution in [0.4, 0.5) is 5.00 Å². The minimum Gasteiger partial charge on any atom is -0.481 e. The van der Waals surface area contributed by atoms with Crippen molar-refractivity contribution >= 4 is 34.2 Å². The van der Waals surface area contributed by atoms with Crippen LogP contribution in [-0.4, -0.2) is 29.6 Å². The topological polar surface area (TPSA) is 92.7 Å². The Balaban J connectivity index is 2.03. The van der Waals surface area contributed by atoms with Crippen molar-refractivity contribution in [2.75, 3.05) is 11.9 Å². The molecular weight excluding hydrogens is 330 g/mol. The number of nitrogens with one attached hydrogen (secondary N) is 1. The fraction of sp³-hybridized carbons (Fsp3) is 0.588. The second-order valence-electron chi connectivity index (χ2n) is 6.35. The van der Waals surface area contributed by atoms with E-state index in [-0.39, 0.29) is 18.7 Å². The summed E-state index contributed by atoms with van der Waals surface area (Å²) in [5.74, 6) is -1.45. The van der Waals surface area contributed by atoms with Gasteiger partial charge in [-0.3, -0.25) is 9.59 Å². The molecule has 1 aliphatic carbocycles. The second-order valence-corrected chi connectivity index (χ2v) is 7.40. The average Bonchev–Trinajstić information content (AvgIpc) is 3.05. The summed E-state index contributed by atoms with van der Waals surface area (Å²) < 4.78 is 4.99. The Morgan fingerprint density at radius 3 is 2.54 bits per heavy atom. The third-order valence-corrected chi connectivity index (χ3v) is 5.50. The number of carboxylic acid groups (broad SMARTS) is 1. The Morgan fingerprint density at radius 2 is 1.96 bits per heavy atom. The minimum absolute atomic E-state index is 0.0258. The SMILES string of the molecule is CCOC(=O)c1sc(NC(=O)CC2(CC(=O)O)CCCC2)cc1C. The van der Waals surface area contributed by atoms with Crippen molar-refractivity contribution < 1.29 is 24.2 Å². The number of hydrogen-bond donors (Lipinski definition) is 2. The van der Waals surface area contributed by atoms with Crippen LogP contribution < -0.4 is 5.32 Å². The summed E-state index contributed by atoms with van der Waals surface area (Å²) in [7, 11) is 0. The molecule has 1 heterocycles. The van der Waals surface area contributed by atoms with Gasteiger partial charge < -0.3 is 15.2 Å². The number of ether oxygens (including phenoxy) is 1. The molecule has 0 unspecified atom stereocenters. The van der Waals surface area contributed by atoms with Crippen molar-refractivity contribution in [3.8, 4) is 0 Å². The molecule has 1 aliphatic rings. The van der Waals surface area contributed by atoms with E-state index in [1.54, 1.807) is 19.9 Å². The lowest BCUT2D eigenvalue weighted by Gasteiger charge is -2.26. The third-order valence-electron chi connectivity index (χ3n) is 4.37. The van der Waals surface area contributed by atoms with E-state index in [4.69, 9.17) is 9.84 Å². The summed E-state index contributed by atoms with van der Waals surface area (Å²) in [4.78, 5) is 35.8. The van der Waals surface area contributed by atoms with E-state index < -0.39 is 17.4 Å². The van der Waals surface area contributed by atoms with E-state index in [1.807, 2.05) is 0 Å². The maximum Gasteiger partial charge on any atom is 0.348 e. The van der Waals surface area contributed by atoms with Crippen LogP contribution in [0, 0.1) is 12.3 Å². The summed E-state index contributed by atoms with van der Waals surface area (Å²) in [6.45, 7) is 3.84. The lowest BCUT2D eigenvalue weighted by atomic mass is 9.79. The first-order valence-electron chi connectivity index (χ1n) is 8.14. The number of anilines is 1. The van der Waals surface area contributed by atoms with Crippen LogP contribution >= 0.6 is 11.3 Å². The molecule has 0 aliphatic heterocycles. The van der Waals surface area contributed by atoms with Gasteiger partial charge in [0.2, 0.25) is 5.91 Å². The highest BCUT2D eigenvalue weighted by atomic mass is 32.1. The first-order chi connectivity index (χ1) is 11.3. The Kier molecular flexibility index (Phi) is 5.99. The molecule has 1 aromatic rings. The van der Waals surface area contributed by atoms with Gasteiger partial charge in [-0.05, 0) is 43.7 Å². The molecule has 2 N–H and O–H groups in total. The number of hydrogen-bond acceptors (Lipinski definition) is 5. The molecule has 0 bridgehead atoms. The van der Waals surface area contributed by atoms with Crippen molar-refractivity contribution in [2.45, 2.75) is 52.4 Å². The zero-order valence-corrected chi connectivity index (χ0v) is 14.8. The van der Waals surface area contributed by atoms with Crippen molar-refractivity contribution in [3.05, 3.63) is 16.5 Å². The van der Waals surface area contributed by atoms with Gasteiger partial charge in [0.05, 0.1) is 18.0 Å². The molecule has 0 aromatic carbocycles. The van der Waals surface area contributed by atoms with Crippen LogP contribution in [0.25, 0.3) is 0 Å². The lowest BCUT2D eigenvalue weighted by molar-refractivity contribution is -0.140. The van der Waals surface area contributed by atoms with Crippen LogP contribution in [0.2, 0.25) is 0 Å². The van der Waals surface area contributed by atoms with Gasteiger partial charge >= 0.3 is 11.9 Å². The van der Waals surface area contributed by atoms with E-state index in [2.05, 4.69) is 5.32 Å². The standard InChI is InChI=1S/C17H23NO5S/c1-3-23-16(22)15-11(2)8-13(24-15)18-12(19)9-17(10-14(20)21)6-4-5-7-17/h8H,3-7,9-10H2,1-2H3,(H,18,19)(H,20,21). The second kappa shape index (κ2) is 7.79. The molecule has 1 fully saturated rings. The molecule has 1 saturated carbocycles. The van der Waals surface area contributed by atoms with Gasteiger partial charge in [-0.15, -0.1) is 11.3 Å². The fourth-order valence-corrected chi connectivity index (χ4v) is 4.31. The largest absolute Gasteiger partial charge is 0.481 e. The van der Waals surface area contributed by atoms with Crippen molar-refractivity contribution in [2.24, 2.45) is 5.41 Å². The van der Waals surface area contributed by atoms with Crippen LogP contribution in [-0.2, 0) is 14.3 Å². The van der Waals surface area contributed by atoms with Gasteiger partial charge in [0, 0.05) is 6.42 Å². The van der Waals surface area contributed by atoms with Crippen molar-refractivity contribution in [3.63, 3.8) is 0 Å². The van der Waals surface area contributed by atoms with Gasteiger partial charge in [-0.1, -0.05) is 12.8 Å². The van der Waals surface area contributed by atoms with Gasteiger partial charge in [0.1, 0.15) is 4.88 Å². The first-order valence-corrected chi connectivity index (χ1v) is 8.96. The molecular formula is C17H23NO5S. The molecule has 1 aromatic heterocycles. The van der Waals surface area contributed by atoms with Crippen molar-refractivity contribution in [1.82, 2.24) is 0 Å². The summed E-state index contributed by atoms with van der Waals surface area (Å²) in [6.07, 6.45) is 3.69. The number of amides is 1. The Hall–Kier alpha value is -1.89. The van der Waals surface area contributed by atoms with Crippen LogP contribution in [0.5, 0.6) is 0 Å². The molecule has 2 rings (SSSR count). The van der Waals surface area contributed by atoms with E-state index in [1.165, 1.54) is 11.3 Å². The number of carboxylic acids is 1. The summed E-state index contributed by atoms with van der Waals surface area (Å²) in [5.41, 5.74) is 0.321. The zero-order chi connectivity index (χ0) is 17.7. The summed E-state index contributed by atoms with van der Waals surface area (Å²) >= 11 is 1.18. The normalized spacial score (nSPS) is 15.9. The number of aliphatic carboxylic acids is 1. The highest BCUT2D eigenvalue weighted by molar-refractivity contribution is 7.18. The molecule has 0 saturated heterocycles. The smallest absolute Gasteiger partial charge is 0.348 e. The molecule has 7 heteroatoms. The fourth-order valence-electron chi connectivity index (χ4n) is 3.33. The highest BCUT2D eigenvalue weighted by Crippen LogP contribution is 2.44. The summed E-state index contributed by atoms with van der Waals surface area (Å²) in [5, 5.41) is 12.5. The number of carbonyl (C=O) groups is 3. The van der Waals surface area contributed by atoms with Crippen LogP contribution in [0.3, 0.4) is 0 Å². The maximum absolute atomic E-state index is 12.4. The molecule has 1 amide bonds. The third kappa shape index (κ3) is 4.56. The zero-order valence-electron chi connectivity index (χ0n) is 14.0. The summed E-state index contributed by atoms with van der Waals surface area (Å²) in [6, 6.07) is 1.74. The van der Waals surface area contributed by atoms with E-state index in [0.29, 0.717) is 16.5 Å². The van der Waals surface area contributed by atoms with Crippen LogP contribution in [0.15, 0.2) is 6.07 Å². The number of carbonyl (C=O) groups excluding carboxylic acids is 2.